The molecule has 3 aliphatic rings. The maximum atomic E-state index is 12.4. The summed E-state index contributed by atoms with van der Waals surface area (Å²) in [7, 11) is -3.10. The first-order chi connectivity index (χ1) is 13.4. The zero-order chi connectivity index (χ0) is 20.1. The van der Waals surface area contributed by atoms with Crippen LogP contribution in [-0.4, -0.2) is 68.7 Å². The van der Waals surface area contributed by atoms with E-state index in [9.17, 15) is 13.2 Å². The van der Waals surface area contributed by atoms with E-state index in [1.54, 1.807) is 18.2 Å². The summed E-state index contributed by atoms with van der Waals surface area (Å²) in [5.41, 5.74) is 0. The predicted molar refractivity (Wildman–Crippen MR) is 112 cm³/mol. The van der Waals surface area contributed by atoms with Gasteiger partial charge in [-0.15, -0.1) is 0 Å². The lowest BCUT2D eigenvalue weighted by Gasteiger charge is -2.32. The van der Waals surface area contributed by atoms with Gasteiger partial charge in [0, 0.05) is 25.7 Å². The molecule has 3 heterocycles. The highest BCUT2D eigenvalue weighted by Gasteiger charge is 2.38. The smallest absolute Gasteiger partial charge is 0.237 e. The van der Waals surface area contributed by atoms with E-state index in [2.05, 4.69) is 16.0 Å². The summed E-state index contributed by atoms with van der Waals surface area (Å²) in [6, 6.07) is 0.476. The molecule has 0 aromatic rings. The van der Waals surface area contributed by atoms with Gasteiger partial charge in [0.15, 0.2) is 0 Å². The number of sulfonamides is 1. The molecular weight excluding hydrogens is 376 g/mol. The third kappa shape index (κ3) is 5.46. The fourth-order valence-electron chi connectivity index (χ4n) is 4.85. The molecule has 3 aliphatic heterocycles. The van der Waals surface area contributed by atoms with Crippen molar-refractivity contribution in [1.29, 1.82) is 0 Å². The molecule has 1 amide bonds. The largest absolute Gasteiger partial charge is 0.355 e. The molecular formula is C20H38N4O3S. The van der Waals surface area contributed by atoms with Crippen LogP contribution in [0.25, 0.3) is 0 Å². The maximum Gasteiger partial charge on any atom is 0.237 e. The SMILES string of the molecule is CC(C)S(=O)(=O)N1CCC(CCCCNC(=O)C2CC3CNCCC3N2)CC1. The molecule has 162 valence electrons. The number of unbranched alkanes of at least 4 members (excludes halogenated alkanes) is 1. The van der Waals surface area contributed by atoms with Gasteiger partial charge >= 0.3 is 0 Å². The number of amides is 1. The van der Waals surface area contributed by atoms with Crippen molar-refractivity contribution in [2.75, 3.05) is 32.7 Å². The maximum absolute atomic E-state index is 12.4. The van der Waals surface area contributed by atoms with Crippen molar-refractivity contribution in [3.05, 3.63) is 0 Å². The van der Waals surface area contributed by atoms with Crippen molar-refractivity contribution in [3.63, 3.8) is 0 Å². The van der Waals surface area contributed by atoms with Gasteiger partial charge in [0.2, 0.25) is 15.9 Å². The van der Waals surface area contributed by atoms with Crippen LogP contribution in [0.5, 0.6) is 0 Å². The number of rotatable bonds is 8. The van der Waals surface area contributed by atoms with Crippen LogP contribution in [0.3, 0.4) is 0 Å². The van der Waals surface area contributed by atoms with E-state index < -0.39 is 10.0 Å². The molecule has 7 nitrogen and oxygen atoms in total. The van der Waals surface area contributed by atoms with Gasteiger partial charge in [0.25, 0.3) is 0 Å². The van der Waals surface area contributed by atoms with Crippen molar-refractivity contribution in [2.24, 2.45) is 11.8 Å². The number of hydrogen-bond acceptors (Lipinski definition) is 5. The molecule has 8 heteroatoms. The fourth-order valence-corrected chi connectivity index (χ4v) is 6.16. The molecule has 0 radical (unpaired) electrons. The van der Waals surface area contributed by atoms with Crippen LogP contribution in [0.4, 0.5) is 0 Å². The molecule has 3 atom stereocenters. The first-order valence-electron chi connectivity index (χ1n) is 11.1. The lowest BCUT2D eigenvalue weighted by Crippen LogP contribution is -2.45. The highest BCUT2D eigenvalue weighted by atomic mass is 32.2. The standard InChI is InChI=1S/C20H38N4O3S/c1-15(2)28(26,27)24-11-7-16(8-12-24)5-3-4-9-22-20(25)19-13-17-14-21-10-6-18(17)23-19/h15-19,21,23H,3-14H2,1-2H3,(H,22,25). The third-order valence-corrected chi connectivity index (χ3v) is 9.02. The Labute approximate surface area is 170 Å². The Morgan fingerprint density at radius 1 is 1.18 bits per heavy atom. The Morgan fingerprint density at radius 2 is 1.93 bits per heavy atom. The number of hydrogen-bond donors (Lipinski definition) is 3. The number of carbonyl (C=O) groups is 1. The first kappa shape index (κ1) is 22.0. The summed E-state index contributed by atoms with van der Waals surface area (Å²) < 4.78 is 26.1. The summed E-state index contributed by atoms with van der Waals surface area (Å²) >= 11 is 0. The molecule has 0 bridgehead atoms. The second kappa shape index (κ2) is 9.87. The number of nitrogens with zero attached hydrogens (tertiary/aromatic N) is 1. The molecule has 0 saturated carbocycles. The van der Waals surface area contributed by atoms with Gasteiger partial charge < -0.3 is 16.0 Å². The monoisotopic (exact) mass is 414 g/mol. The minimum Gasteiger partial charge on any atom is -0.355 e. The van der Waals surface area contributed by atoms with Crippen molar-refractivity contribution in [2.45, 2.75) is 76.1 Å². The van der Waals surface area contributed by atoms with E-state index in [1.165, 1.54) is 0 Å². The Bertz CT molecular complexity index is 603. The number of carbonyl (C=O) groups excluding carboxylic acids is 1. The second-order valence-electron chi connectivity index (χ2n) is 9.04. The van der Waals surface area contributed by atoms with Crippen LogP contribution in [-0.2, 0) is 14.8 Å². The lowest BCUT2D eigenvalue weighted by molar-refractivity contribution is -0.122. The highest BCUT2D eigenvalue weighted by molar-refractivity contribution is 7.89. The van der Waals surface area contributed by atoms with Crippen molar-refractivity contribution in [1.82, 2.24) is 20.3 Å². The first-order valence-corrected chi connectivity index (χ1v) is 12.6. The van der Waals surface area contributed by atoms with Gasteiger partial charge in [-0.3, -0.25) is 4.79 Å². The average Bonchev–Trinajstić information content (AvgIpc) is 3.12. The molecule has 3 saturated heterocycles. The van der Waals surface area contributed by atoms with E-state index >= 15 is 0 Å². The molecule has 0 aromatic carbocycles. The Balaban J connectivity index is 1.26. The molecule has 3 unspecified atom stereocenters. The van der Waals surface area contributed by atoms with E-state index in [-0.39, 0.29) is 17.2 Å². The molecule has 3 N–H and O–H groups in total. The predicted octanol–water partition coefficient (Wildman–Crippen LogP) is 1.06. The Kier molecular flexibility index (Phi) is 7.75. The van der Waals surface area contributed by atoms with Gasteiger partial charge in [0.05, 0.1) is 11.3 Å². The summed E-state index contributed by atoms with van der Waals surface area (Å²) in [6.45, 7) is 7.64. The highest BCUT2D eigenvalue weighted by Crippen LogP contribution is 2.26. The van der Waals surface area contributed by atoms with Crippen molar-refractivity contribution >= 4 is 15.9 Å². The van der Waals surface area contributed by atoms with Gasteiger partial charge in [-0.05, 0) is 70.9 Å². The van der Waals surface area contributed by atoms with Crippen molar-refractivity contribution in [3.8, 4) is 0 Å². The van der Waals surface area contributed by atoms with Crippen LogP contribution in [0, 0.1) is 11.8 Å². The zero-order valence-corrected chi connectivity index (χ0v) is 18.3. The molecule has 0 aromatic heterocycles. The summed E-state index contributed by atoms with van der Waals surface area (Å²) in [4.78, 5) is 12.4. The quantitative estimate of drug-likeness (QED) is 0.517. The molecule has 3 fully saturated rings. The van der Waals surface area contributed by atoms with Gasteiger partial charge in [-0.1, -0.05) is 12.8 Å². The second-order valence-corrected chi connectivity index (χ2v) is 11.5. The van der Waals surface area contributed by atoms with E-state index in [0.29, 0.717) is 31.0 Å². The van der Waals surface area contributed by atoms with Crippen LogP contribution in [0.2, 0.25) is 0 Å². The summed E-state index contributed by atoms with van der Waals surface area (Å²) in [6.07, 6.45) is 7.20. The summed E-state index contributed by atoms with van der Waals surface area (Å²) in [5.74, 6) is 1.36. The topological polar surface area (TPSA) is 90.5 Å². The van der Waals surface area contributed by atoms with Gasteiger partial charge in [-0.2, -0.15) is 0 Å². The van der Waals surface area contributed by atoms with Crippen LogP contribution < -0.4 is 16.0 Å². The lowest BCUT2D eigenvalue weighted by atomic mass is 9.92. The number of piperidine rings is 2. The Morgan fingerprint density at radius 3 is 2.61 bits per heavy atom. The normalized spacial score (nSPS) is 29.8. The van der Waals surface area contributed by atoms with Crippen LogP contribution in [0.1, 0.15) is 58.8 Å². The molecule has 28 heavy (non-hydrogen) atoms. The van der Waals surface area contributed by atoms with Crippen molar-refractivity contribution < 1.29 is 13.2 Å². The zero-order valence-electron chi connectivity index (χ0n) is 17.5. The van der Waals surface area contributed by atoms with Gasteiger partial charge in [0.1, 0.15) is 0 Å². The third-order valence-electron chi connectivity index (χ3n) is 6.75. The van der Waals surface area contributed by atoms with E-state index in [4.69, 9.17) is 0 Å². The van der Waals surface area contributed by atoms with E-state index in [0.717, 1.165) is 64.6 Å². The van der Waals surface area contributed by atoms with Crippen LogP contribution in [0.15, 0.2) is 0 Å². The average molecular weight is 415 g/mol. The summed E-state index contributed by atoms with van der Waals surface area (Å²) in [5, 5.41) is 9.69. The van der Waals surface area contributed by atoms with Crippen LogP contribution >= 0.6 is 0 Å². The Hall–Kier alpha value is -0.700. The fraction of sp³-hybridized carbons (Fsp3) is 0.950. The molecule has 0 spiro atoms. The molecule has 0 aliphatic carbocycles. The molecule has 3 rings (SSSR count). The number of nitrogens with one attached hydrogen (secondary N) is 3. The van der Waals surface area contributed by atoms with E-state index in [1.807, 2.05) is 0 Å². The minimum atomic E-state index is -3.10. The number of fused-ring (bicyclic) bond motifs is 1. The minimum absolute atomic E-state index is 0.0258. The van der Waals surface area contributed by atoms with Gasteiger partial charge in [-0.25, -0.2) is 12.7 Å².